The molecule has 3 amide bonds. The van der Waals surface area contributed by atoms with Crippen molar-refractivity contribution in [1.82, 2.24) is 10.6 Å². The van der Waals surface area contributed by atoms with Crippen molar-refractivity contribution in [2.45, 2.75) is 31.7 Å². The van der Waals surface area contributed by atoms with Crippen molar-refractivity contribution in [3.05, 3.63) is 17.2 Å². The molecule has 24 heavy (non-hydrogen) atoms. The van der Waals surface area contributed by atoms with Crippen molar-refractivity contribution in [2.24, 2.45) is 0 Å². The van der Waals surface area contributed by atoms with Gasteiger partial charge in [0.05, 0.1) is 31.5 Å². The average Bonchev–Trinajstić information content (AvgIpc) is 3.05. The number of amides is 3. The number of imide groups is 1. The predicted octanol–water partition coefficient (Wildman–Crippen LogP) is 2.54. The standard InChI is InChI=1S/C16H22ClN3O4/c1-23-13-8-12(14(24-2)7-11(13)17)18-9-15(21)20-16(22)19-10-5-3-4-6-10/h7-8,10,18H,3-6,9H2,1-2H3,(H2,19,20,21,22). The van der Waals surface area contributed by atoms with E-state index in [4.69, 9.17) is 21.1 Å². The Morgan fingerprint density at radius 3 is 2.46 bits per heavy atom. The van der Waals surface area contributed by atoms with Gasteiger partial charge in [-0.25, -0.2) is 4.79 Å². The molecule has 0 saturated heterocycles. The van der Waals surface area contributed by atoms with E-state index in [1.807, 2.05) is 0 Å². The van der Waals surface area contributed by atoms with Crippen molar-refractivity contribution >= 4 is 29.2 Å². The van der Waals surface area contributed by atoms with E-state index in [2.05, 4.69) is 16.0 Å². The lowest BCUT2D eigenvalue weighted by atomic mass is 10.2. The summed E-state index contributed by atoms with van der Waals surface area (Å²) in [6.07, 6.45) is 4.14. The molecular formula is C16H22ClN3O4. The minimum Gasteiger partial charge on any atom is -0.495 e. The van der Waals surface area contributed by atoms with Crippen molar-refractivity contribution < 1.29 is 19.1 Å². The number of anilines is 1. The first-order valence-electron chi connectivity index (χ1n) is 7.79. The van der Waals surface area contributed by atoms with Gasteiger partial charge in [-0.1, -0.05) is 24.4 Å². The molecule has 3 N–H and O–H groups in total. The Balaban J connectivity index is 1.87. The molecule has 8 heteroatoms. The van der Waals surface area contributed by atoms with E-state index in [0.717, 1.165) is 25.7 Å². The first-order chi connectivity index (χ1) is 11.5. The molecule has 0 unspecified atom stereocenters. The molecule has 1 saturated carbocycles. The number of methoxy groups -OCH3 is 2. The van der Waals surface area contributed by atoms with Crippen molar-refractivity contribution in [3.8, 4) is 11.5 Å². The molecular weight excluding hydrogens is 334 g/mol. The third-order valence-electron chi connectivity index (χ3n) is 3.86. The zero-order chi connectivity index (χ0) is 17.5. The van der Waals surface area contributed by atoms with Crippen LogP contribution in [0.5, 0.6) is 11.5 Å². The number of hydrogen-bond acceptors (Lipinski definition) is 5. The summed E-state index contributed by atoms with van der Waals surface area (Å²) in [6.45, 7) is -0.0841. The van der Waals surface area contributed by atoms with Crippen LogP contribution in [0.2, 0.25) is 5.02 Å². The Morgan fingerprint density at radius 2 is 1.83 bits per heavy atom. The van der Waals surface area contributed by atoms with Crippen LogP contribution in [-0.4, -0.2) is 38.7 Å². The molecule has 0 bridgehead atoms. The van der Waals surface area contributed by atoms with E-state index >= 15 is 0 Å². The fourth-order valence-corrected chi connectivity index (χ4v) is 2.87. The van der Waals surface area contributed by atoms with Crippen LogP contribution in [0, 0.1) is 0 Å². The van der Waals surface area contributed by atoms with Gasteiger partial charge in [-0.2, -0.15) is 0 Å². The van der Waals surface area contributed by atoms with Gasteiger partial charge < -0.3 is 20.1 Å². The van der Waals surface area contributed by atoms with E-state index in [1.54, 1.807) is 12.1 Å². The average molecular weight is 356 g/mol. The number of carbonyl (C=O) groups is 2. The number of benzene rings is 1. The highest BCUT2D eigenvalue weighted by Gasteiger charge is 2.18. The van der Waals surface area contributed by atoms with Crippen molar-refractivity contribution in [3.63, 3.8) is 0 Å². The Hall–Kier alpha value is -2.15. The topological polar surface area (TPSA) is 88.7 Å². The van der Waals surface area contributed by atoms with Gasteiger partial charge in [-0.3, -0.25) is 10.1 Å². The molecule has 0 aromatic heterocycles. The van der Waals surface area contributed by atoms with Crippen LogP contribution >= 0.6 is 11.6 Å². The predicted molar refractivity (Wildman–Crippen MR) is 92.0 cm³/mol. The maximum Gasteiger partial charge on any atom is 0.321 e. The smallest absolute Gasteiger partial charge is 0.321 e. The van der Waals surface area contributed by atoms with Crippen molar-refractivity contribution in [2.75, 3.05) is 26.1 Å². The Labute approximate surface area is 146 Å². The maximum absolute atomic E-state index is 11.9. The van der Waals surface area contributed by atoms with Crippen LogP contribution in [0.3, 0.4) is 0 Å². The Morgan fingerprint density at radius 1 is 1.17 bits per heavy atom. The number of hydrogen-bond donors (Lipinski definition) is 3. The first kappa shape index (κ1) is 18.2. The van der Waals surface area contributed by atoms with Gasteiger partial charge in [-0.15, -0.1) is 0 Å². The fraction of sp³-hybridized carbons (Fsp3) is 0.500. The minimum absolute atomic E-state index is 0.0841. The zero-order valence-corrected chi connectivity index (χ0v) is 14.5. The number of urea groups is 1. The van der Waals surface area contributed by atoms with E-state index in [0.29, 0.717) is 22.2 Å². The summed E-state index contributed by atoms with van der Waals surface area (Å²) in [7, 11) is 3.00. The summed E-state index contributed by atoms with van der Waals surface area (Å²) in [5, 5.41) is 8.41. The Kier molecular flexibility index (Phi) is 6.54. The maximum atomic E-state index is 11.9. The van der Waals surface area contributed by atoms with Gasteiger partial charge >= 0.3 is 6.03 Å². The lowest BCUT2D eigenvalue weighted by molar-refractivity contribution is -0.118. The monoisotopic (exact) mass is 355 g/mol. The Bertz CT molecular complexity index is 603. The van der Waals surface area contributed by atoms with E-state index in [9.17, 15) is 9.59 Å². The molecule has 1 aliphatic carbocycles. The quantitative estimate of drug-likeness (QED) is 0.729. The van der Waals surface area contributed by atoms with Crippen LogP contribution in [0.25, 0.3) is 0 Å². The highest BCUT2D eigenvalue weighted by Crippen LogP contribution is 2.35. The summed E-state index contributed by atoms with van der Waals surface area (Å²) in [4.78, 5) is 23.6. The fourth-order valence-electron chi connectivity index (χ4n) is 2.64. The van der Waals surface area contributed by atoms with Crippen LogP contribution in [0.4, 0.5) is 10.5 Å². The van der Waals surface area contributed by atoms with Crippen LogP contribution in [-0.2, 0) is 4.79 Å². The van der Waals surface area contributed by atoms with Gasteiger partial charge in [0.25, 0.3) is 0 Å². The molecule has 1 aromatic carbocycles. The highest BCUT2D eigenvalue weighted by atomic mass is 35.5. The second-order valence-corrected chi connectivity index (χ2v) is 5.95. The summed E-state index contributed by atoms with van der Waals surface area (Å²) in [5.41, 5.74) is 0.546. The summed E-state index contributed by atoms with van der Waals surface area (Å²) < 4.78 is 10.4. The lowest BCUT2D eigenvalue weighted by Gasteiger charge is -2.15. The third kappa shape index (κ3) is 4.92. The van der Waals surface area contributed by atoms with Gasteiger partial charge in [0, 0.05) is 18.2 Å². The number of nitrogens with one attached hydrogen (secondary N) is 3. The lowest BCUT2D eigenvalue weighted by Crippen LogP contribution is -2.45. The molecule has 0 heterocycles. The SMILES string of the molecule is COc1cc(NCC(=O)NC(=O)NC2CCCC2)c(OC)cc1Cl. The molecule has 2 rings (SSSR count). The van der Waals surface area contributed by atoms with E-state index in [1.165, 1.54) is 14.2 Å². The molecule has 0 radical (unpaired) electrons. The highest BCUT2D eigenvalue weighted by molar-refractivity contribution is 6.32. The normalized spacial score (nSPS) is 14.1. The number of halogens is 1. The largest absolute Gasteiger partial charge is 0.495 e. The summed E-state index contributed by atoms with van der Waals surface area (Å²) >= 11 is 6.03. The van der Waals surface area contributed by atoms with Gasteiger partial charge in [0.2, 0.25) is 5.91 Å². The number of carbonyl (C=O) groups excluding carboxylic acids is 2. The molecule has 132 valence electrons. The summed E-state index contributed by atoms with van der Waals surface area (Å²) in [5.74, 6) is 0.491. The van der Waals surface area contributed by atoms with Crippen molar-refractivity contribution in [1.29, 1.82) is 0 Å². The number of ether oxygens (including phenoxy) is 2. The van der Waals surface area contributed by atoms with E-state index < -0.39 is 11.9 Å². The molecule has 0 atom stereocenters. The van der Waals surface area contributed by atoms with Gasteiger partial charge in [0.1, 0.15) is 11.5 Å². The molecule has 1 aliphatic rings. The van der Waals surface area contributed by atoms with Crippen LogP contribution < -0.4 is 25.4 Å². The second-order valence-electron chi connectivity index (χ2n) is 5.54. The molecule has 0 spiro atoms. The number of rotatable bonds is 6. The molecule has 1 fully saturated rings. The molecule has 7 nitrogen and oxygen atoms in total. The van der Waals surface area contributed by atoms with E-state index in [-0.39, 0.29) is 12.6 Å². The van der Waals surface area contributed by atoms with Crippen LogP contribution in [0.15, 0.2) is 12.1 Å². The summed E-state index contributed by atoms with van der Waals surface area (Å²) in [6, 6.07) is 2.92. The van der Waals surface area contributed by atoms with Gasteiger partial charge in [0.15, 0.2) is 0 Å². The van der Waals surface area contributed by atoms with Gasteiger partial charge in [-0.05, 0) is 12.8 Å². The zero-order valence-electron chi connectivity index (χ0n) is 13.8. The molecule has 1 aromatic rings. The first-order valence-corrected chi connectivity index (χ1v) is 8.17. The third-order valence-corrected chi connectivity index (χ3v) is 4.15. The van der Waals surface area contributed by atoms with Crippen LogP contribution in [0.1, 0.15) is 25.7 Å². The minimum atomic E-state index is -0.464. The second kappa shape index (κ2) is 8.63. The molecule has 0 aliphatic heterocycles.